The maximum absolute atomic E-state index is 12.7. The van der Waals surface area contributed by atoms with Crippen LogP contribution in [0.2, 0.25) is 0 Å². The van der Waals surface area contributed by atoms with Crippen LogP contribution in [-0.2, 0) is 25.5 Å². The maximum atomic E-state index is 12.7. The smallest absolute Gasteiger partial charge is 0.410 e. The number of anilines is 1. The normalized spacial score (nSPS) is 14.9. The average Bonchev–Trinajstić information content (AvgIpc) is 3.40. The molecule has 2 heterocycles. The van der Waals surface area contributed by atoms with Gasteiger partial charge in [-0.25, -0.2) is 9.78 Å². The van der Waals surface area contributed by atoms with Crippen molar-refractivity contribution < 1.29 is 28.6 Å². The van der Waals surface area contributed by atoms with Gasteiger partial charge >= 0.3 is 6.09 Å². The molecule has 1 aliphatic rings. The number of carbonyl (C=O) groups is 3. The lowest BCUT2D eigenvalue weighted by molar-refractivity contribution is -0.114. The summed E-state index contributed by atoms with van der Waals surface area (Å²) in [5.41, 5.74) is 5.77. The number of thioether (sulfide) groups is 1. The van der Waals surface area contributed by atoms with Gasteiger partial charge in [-0.05, 0) is 81.5 Å². The van der Waals surface area contributed by atoms with Crippen LogP contribution in [0.3, 0.4) is 0 Å². The Morgan fingerprint density at radius 2 is 1.97 bits per heavy atom. The third-order valence-corrected chi connectivity index (χ3v) is 7.22. The van der Waals surface area contributed by atoms with Crippen molar-refractivity contribution in [2.45, 2.75) is 77.6 Å². The second kappa shape index (κ2) is 12.9. The molecule has 212 valence electrons. The van der Waals surface area contributed by atoms with Crippen LogP contribution < -0.4 is 11.1 Å². The molecule has 1 unspecified atom stereocenters. The van der Waals surface area contributed by atoms with E-state index in [-0.39, 0.29) is 23.5 Å². The molecule has 3 rings (SSSR count). The van der Waals surface area contributed by atoms with E-state index >= 15 is 0 Å². The second-order valence-corrected chi connectivity index (χ2v) is 12.2. The Morgan fingerprint density at radius 1 is 1.28 bits per heavy atom. The lowest BCUT2D eigenvalue weighted by atomic mass is 10.2. The highest BCUT2D eigenvalue weighted by atomic mass is 127. The van der Waals surface area contributed by atoms with Gasteiger partial charge in [-0.1, -0.05) is 18.2 Å². The summed E-state index contributed by atoms with van der Waals surface area (Å²) in [4.78, 5) is 43.0. The molecule has 0 radical (unpaired) electrons. The Morgan fingerprint density at radius 3 is 2.56 bits per heavy atom. The van der Waals surface area contributed by atoms with E-state index in [0.29, 0.717) is 29.8 Å². The van der Waals surface area contributed by atoms with E-state index < -0.39 is 23.9 Å². The van der Waals surface area contributed by atoms with Crippen LogP contribution in [0, 0.1) is 3.57 Å². The predicted molar refractivity (Wildman–Crippen MR) is 156 cm³/mol. The van der Waals surface area contributed by atoms with Gasteiger partial charge in [-0.3, -0.25) is 9.59 Å². The zero-order chi connectivity index (χ0) is 28.9. The number of hydrogen-bond acceptors (Lipinski definition) is 8. The summed E-state index contributed by atoms with van der Waals surface area (Å²) in [6.07, 6.45) is 0.930. The standard InChI is InChI=1S/C26H34IN5O6S/c1-15(2)31(25(35)38-26(4,5)6)12-9-13-32-22(29-16(3)33)20(21(28)34)30-24(32)39-19-14-36-23(37-19)17-10-7-8-11-18(17)27/h7-8,10-11,14-15,23H,9,12-13H2,1-6H3,(H2,28,34)(H,29,33). The van der Waals surface area contributed by atoms with Crippen LogP contribution in [-0.4, -0.2) is 50.5 Å². The molecule has 1 aromatic heterocycles. The molecule has 13 heteroatoms. The van der Waals surface area contributed by atoms with Crippen molar-refractivity contribution in [1.82, 2.24) is 14.5 Å². The lowest BCUT2D eigenvalue weighted by Crippen LogP contribution is -2.41. The molecular formula is C26H34IN5O6S. The number of primary amides is 1. The summed E-state index contributed by atoms with van der Waals surface area (Å²) in [5.74, 6) is -0.989. The van der Waals surface area contributed by atoms with Gasteiger partial charge < -0.3 is 34.7 Å². The first-order valence-electron chi connectivity index (χ1n) is 12.4. The van der Waals surface area contributed by atoms with Crippen LogP contribution in [0.15, 0.2) is 40.8 Å². The Labute approximate surface area is 245 Å². The highest BCUT2D eigenvalue weighted by Gasteiger charge is 2.29. The number of nitrogens with one attached hydrogen (secondary N) is 1. The highest BCUT2D eigenvalue weighted by molar-refractivity contribution is 14.1. The first-order valence-corrected chi connectivity index (χ1v) is 14.3. The quantitative estimate of drug-likeness (QED) is 0.328. The first-order chi connectivity index (χ1) is 18.3. The summed E-state index contributed by atoms with van der Waals surface area (Å²) >= 11 is 3.35. The fraction of sp³-hybridized carbons (Fsp3) is 0.462. The van der Waals surface area contributed by atoms with E-state index in [1.807, 2.05) is 58.9 Å². The zero-order valence-electron chi connectivity index (χ0n) is 22.8. The van der Waals surface area contributed by atoms with Crippen LogP contribution in [0.1, 0.15) is 70.3 Å². The lowest BCUT2D eigenvalue weighted by Gasteiger charge is -2.30. The molecule has 1 atom stereocenters. The van der Waals surface area contributed by atoms with Gasteiger partial charge in [0.25, 0.3) is 12.2 Å². The molecule has 11 nitrogen and oxygen atoms in total. The number of rotatable bonds is 10. The second-order valence-electron chi connectivity index (χ2n) is 10.1. The highest BCUT2D eigenvalue weighted by Crippen LogP contribution is 2.39. The van der Waals surface area contributed by atoms with Gasteiger partial charge in [0.2, 0.25) is 11.0 Å². The van der Waals surface area contributed by atoms with Gasteiger partial charge in [0.1, 0.15) is 17.7 Å². The van der Waals surface area contributed by atoms with E-state index in [4.69, 9.17) is 19.9 Å². The number of imidazole rings is 1. The topological polar surface area (TPSA) is 138 Å². The summed E-state index contributed by atoms with van der Waals surface area (Å²) in [7, 11) is 0. The third kappa shape index (κ3) is 8.27. The van der Waals surface area contributed by atoms with Crippen molar-refractivity contribution >= 4 is 58.1 Å². The number of benzene rings is 1. The number of nitrogens with zero attached hydrogens (tertiary/aromatic N) is 3. The minimum atomic E-state index is -0.786. The Kier molecular flexibility index (Phi) is 10.2. The molecule has 39 heavy (non-hydrogen) atoms. The van der Waals surface area contributed by atoms with Gasteiger partial charge in [0.05, 0.1) is 0 Å². The summed E-state index contributed by atoms with van der Waals surface area (Å²) in [6, 6.07) is 7.60. The van der Waals surface area contributed by atoms with Crippen LogP contribution >= 0.6 is 34.4 Å². The zero-order valence-corrected chi connectivity index (χ0v) is 25.8. The summed E-state index contributed by atoms with van der Waals surface area (Å²) in [6.45, 7) is 11.3. The van der Waals surface area contributed by atoms with E-state index in [2.05, 4.69) is 32.9 Å². The van der Waals surface area contributed by atoms with Crippen molar-refractivity contribution in [2.24, 2.45) is 5.73 Å². The van der Waals surface area contributed by atoms with Crippen LogP contribution in [0.4, 0.5) is 10.6 Å². The van der Waals surface area contributed by atoms with Crippen molar-refractivity contribution in [3.63, 3.8) is 0 Å². The van der Waals surface area contributed by atoms with Crippen molar-refractivity contribution in [3.05, 3.63) is 50.4 Å². The molecule has 2 aromatic rings. The molecule has 0 spiro atoms. The molecule has 1 aromatic carbocycles. The van der Waals surface area contributed by atoms with Crippen molar-refractivity contribution in [3.8, 4) is 0 Å². The molecule has 1 aliphatic heterocycles. The average molecular weight is 672 g/mol. The number of nitrogens with two attached hydrogens (primary N) is 1. The van der Waals surface area contributed by atoms with Gasteiger partial charge in [0, 0.05) is 35.2 Å². The number of ether oxygens (including phenoxy) is 3. The molecule has 0 aliphatic carbocycles. The molecule has 0 saturated carbocycles. The fourth-order valence-electron chi connectivity index (χ4n) is 3.68. The molecule has 3 N–H and O–H groups in total. The molecule has 0 bridgehead atoms. The van der Waals surface area contributed by atoms with Gasteiger partial charge in [-0.2, -0.15) is 0 Å². The van der Waals surface area contributed by atoms with E-state index in [1.54, 1.807) is 9.47 Å². The SMILES string of the molecule is CC(=O)Nc1c(C(N)=O)nc(SC2=COC(c3ccccc3I)O2)n1CCCN(C(=O)OC(C)(C)C)C(C)C. The predicted octanol–water partition coefficient (Wildman–Crippen LogP) is 5.22. The van der Waals surface area contributed by atoms with Crippen molar-refractivity contribution in [1.29, 1.82) is 0 Å². The largest absolute Gasteiger partial charge is 0.454 e. The number of hydrogen-bond donors (Lipinski definition) is 2. The maximum Gasteiger partial charge on any atom is 0.410 e. The molecule has 3 amide bonds. The number of halogens is 1. The Bertz CT molecular complexity index is 1260. The summed E-state index contributed by atoms with van der Waals surface area (Å²) < 4.78 is 20.0. The number of amides is 3. The van der Waals surface area contributed by atoms with Gasteiger partial charge in [0.15, 0.2) is 10.9 Å². The van der Waals surface area contributed by atoms with Gasteiger partial charge in [-0.15, -0.1) is 0 Å². The fourth-order valence-corrected chi connectivity index (χ4v) is 5.17. The third-order valence-electron chi connectivity index (χ3n) is 5.35. The Balaban J connectivity index is 1.83. The molecule has 0 saturated heterocycles. The molecular weight excluding hydrogens is 637 g/mol. The minimum absolute atomic E-state index is 0.0748. The van der Waals surface area contributed by atoms with Crippen LogP contribution in [0.25, 0.3) is 0 Å². The van der Waals surface area contributed by atoms with E-state index in [1.165, 1.54) is 13.2 Å². The monoisotopic (exact) mass is 671 g/mol. The number of carbonyl (C=O) groups excluding carboxylic acids is 3. The van der Waals surface area contributed by atoms with Crippen molar-refractivity contribution in [2.75, 3.05) is 11.9 Å². The summed E-state index contributed by atoms with van der Waals surface area (Å²) in [5, 5.41) is 3.47. The van der Waals surface area contributed by atoms with E-state index in [0.717, 1.165) is 20.9 Å². The van der Waals surface area contributed by atoms with Crippen LogP contribution in [0.5, 0.6) is 0 Å². The molecule has 0 fully saturated rings. The first kappa shape index (κ1) is 30.6. The minimum Gasteiger partial charge on any atom is -0.454 e. The van der Waals surface area contributed by atoms with E-state index in [9.17, 15) is 14.4 Å². The Hall–Kier alpha value is -2.94. The number of aromatic nitrogens is 2.